The summed E-state index contributed by atoms with van der Waals surface area (Å²) in [5.74, 6) is 2.29. The fraction of sp³-hybridized carbons (Fsp3) is 0.625. The molecule has 0 saturated heterocycles. The van der Waals surface area contributed by atoms with Crippen LogP contribution in [0.25, 0.3) is 0 Å². The van der Waals surface area contributed by atoms with Gasteiger partial charge in [0.1, 0.15) is 5.75 Å². The van der Waals surface area contributed by atoms with Crippen molar-refractivity contribution in [2.75, 3.05) is 25.2 Å². The van der Waals surface area contributed by atoms with Crippen LogP contribution in [0.2, 0.25) is 0 Å². The first-order chi connectivity index (χ1) is 9.36. The summed E-state index contributed by atoms with van der Waals surface area (Å²) in [6, 6.07) is 7.05. The summed E-state index contributed by atoms with van der Waals surface area (Å²) in [5.41, 5.74) is 2.89. The number of hydrogen-bond donors (Lipinski definition) is 1. The maximum absolute atomic E-state index is 5.99. The van der Waals surface area contributed by atoms with Gasteiger partial charge in [-0.3, -0.25) is 0 Å². The smallest absolute Gasteiger partial charge is 0.122 e. The molecule has 2 rings (SSSR count). The van der Waals surface area contributed by atoms with Crippen molar-refractivity contribution in [2.45, 2.75) is 38.6 Å². The molecule has 1 aromatic rings. The first kappa shape index (κ1) is 14.7. The van der Waals surface area contributed by atoms with Crippen LogP contribution in [0, 0.1) is 0 Å². The lowest BCUT2D eigenvalue weighted by atomic mass is 9.87. The Labute approximate surface area is 121 Å². The van der Waals surface area contributed by atoms with Crippen LogP contribution in [-0.2, 0) is 6.42 Å². The Morgan fingerprint density at radius 2 is 2.32 bits per heavy atom. The Morgan fingerprint density at radius 1 is 1.42 bits per heavy atom. The average Bonchev–Trinajstić information content (AvgIpc) is 2.44. The third-order valence-electron chi connectivity index (χ3n) is 3.67. The van der Waals surface area contributed by atoms with Gasteiger partial charge in [-0.05, 0) is 61.4 Å². The summed E-state index contributed by atoms with van der Waals surface area (Å²) < 4.78 is 5.99. The molecule has 0 spiro atoms. The molecule has 0 amide bonds. The van der Waals surface area contributed by atoms with Crippen molar-refractivity contribution in [3.05, 3.63) is 29.3 Å². The van der Waals surface area contributed by atoms with Gasteiger partial charge in [0.15, 0.2) is 0 Å². The van der Waals surface area contributed by atoms with Crippen LogP contribution in [0.15, 0.2) is 18.2 Å². The van der Waals surface area contributed by atoms with Crippen LogP contribution >= 0.6 is 11.8 Å². The molecule has 1 N–H and O–H groups in total. The zero-order chi connectivity index (χ0) is 13.5. The summed E-state index contributed by atoms with van der Waals surface area (Å²) in [6.07, 6.45) is 6.94. The Morgan fingerprint density at radius 3 is 3.11 bits per heavy atom. The molecule has 2 nitrogen and oxygen atoms in total. The molecule has 106 valence electrons. The number of nitrogens with one attached hydrogen (secondary N) is 1. The van der Waals surface area contributed by atoms with Crippen molar-refractivity contribution in [2.24, 2.45) is 0 Å². The molecule has 1 aliphatic rings. The van der Waals surface area contributed by atoms with Gasteiger partial charge in [0.2, 0.25) is 0 Å². The molecule has 0 heterocycles. The highest BCUT2D eigenvalue weighted by Gasteiger charge is 2.21. The minimum atomic E-state index is 0.517. The predicted molar refractivity (Wildman–Crippen MR) is 84.3 cm³/mol. The van der Waals surface area contributed by atoms with Gasteiger partial charge in [0.25, 0.3) is 0 Å². The molecule has 0 saturated carbocycles. The Kier molecular flexibility index (Phi) is 6.05. The zero-order valence-electron chi connectivity index (χ0n) is 12.1. The highest BCUT2D eigenvalue weighted by Crippen LogP contribution is 2.35. The summed E-state index contributed by atoms with van der Waals surface area (Å²) in [6.45, 7) is 4.04. The summed E-state index contributed by atoms with van der Waals surface area (Å²) >= 11 is 1.88. The summed E-state index contributed by atoms with van der Waals surface area (Å²) in [5, 5.41) is 3.59. The second kappa shape index (κ2) is 7.81. The van der Waals surface area contributed by atoms with Crippen LogP contribution in [-0.4, -0.2) is 25.2 Å². The van der Waals surface area contributed by atoms with Crippen molar-refractivity contribution in [1.82, 2.24) is 5.32 Å². The molecule has 1 aromatic carbocycles. The van der Waals surface area contributed by atoms with E-state index in [0.29, 0.717) is 6.04 Å². The maximum Gasteiger partial charge on any atom is 0.122 e. The molecule has 19 heavy (non-hydrogen) atoms. The largest absolute Gasteiger partial charge is 0.493 e. The van der Waals surface area contributed by atoms with E-state index in [1.165, 1.54) is 29.7 Å². The van der Waals surface area contributed by atoms with Crippen LogP contribution in [0.1, 0.15) is 43.4 Å². The topological polar surface area (TPSA) is 21.3 Å². The fourth-order valence-electron chi connectivity index (χ4n) is 2.79. The van der Waals surface area contributed by atoms with Crippen LogP contribution in [0.5, 0.6) is 5.75 Å². The number of thioether (sulfide) groups is 1. The SMILES string of the molecule is CCNC1CCCc2c(OCCCSC)cccc21. The molecular weight excluding hydrogens is 254 g/mol. The van der Waals surface area contributed by atoms with E-state index < -0.39 is 0 Å². The number of hydrogen-bond acceptors (Lipinski definition) is 3. The number of benzene rings is 1. The lowest BCUT2D eigenvalue weighted by molar-refractivity contribution is 0.311. The monoisotopic (exact) mass is 279 g/mol. The van der Waals surface area contributed by atoms with Crippen LogP contribution < -0.4 is 10.1 Å². The third-order valence-corrected chi connectivity index (χ3v) is 4.36. The Bertz CT molecular complexity index is 394. The van der Waals surface area contributed by atoms with Crippen LogP contribution in [0.4, 0.5) is 0 Å². The van der Waals surface area contributed by atoms with Crippen molar-refractivity contribution in [3.63, 3.8) is 0 Å². The predicted octanol–water partition coefficient (Wildman–Crippen LogP) is 3.81. The minimum absolute atomic E-state index is 0.517. The van der Waals surface area contributed by atoms with Crippen molar-refractivity contribution in [1.29, 1.82) is 0 Å². The molecule has 3 heteroatoms. The van der Waals surface area contributed by atoms with E-state index >= 15 is 0 Å². The average molecular weight is 279 g/mol. The lowest BCUT2D eigenvalue weighted by Gasteiger charge is -2.27. The molecular formula is C16H25NOS. The van der Waals surface area contributed by atoms with Gasteiger partial charge in [-0.25, -0.2) is 0 Å². The molecule has 1 unspecified atom stereocenters. The fourth-order valence-corrected chi connectivity index (χ4v) is 3.20. The Hall–Kier alpha value is -0.670. The van der Waals surface area contributed by atoms with E-state index in [-0.39, 0.29) is 0 Å². The van der Waals surface area contributed by atoms with Gasteiger partial charge < -0.3 is 10.1 Å². The molecule has 1 atom stereocenters. The number of ether oxygens (including phenoxy) is 1. The van der Waals surface area contributed by atoms with Crippen molar-refractivity contribution >= 4 is 11.8 Å². The highest BCUT2D eigenvalue weighted by molar-refractivity contribution is 7.98. The normalized spacial score (nSPS) is 18.1. The molecule has 1 aliphatic carbocycles. The quantitative estimate of drug-likeness (QED) is 0.767. The second-order valence-corrected chi connectivity index (χ2v) is 6.01. The van der Waals surface area contributed by atoms with Gasteiger partial charge in [-0.15, -0.1) is 0 Å². The van der Waals surface area contributed by atoms with E-state index in [1.54, 1.807) is 0 Å². The number of fused-ring (bicyclic) bond motifs is 1. The van der Waals surface area contributed by atoms with Gasteiger partial charge in [-0.2, -0.15) is 11.8 Å². The zero-order valence-corrected chi connectivity index (χ0v) is 12.9. The maximum atomic E-state index is 5.99. The van der Waals surface area contributed by atoms with Gasteiger partial charge in [0.05, 0.1) is 6.61 Å². The number of rotatable bonds is 7. The van der Waals surface area contributed by atoms with Gasteiger partial charge >= 0.3 is 0 Å². The van der Waals surface area contributed by atoms with Gasteiger partial charge in [0, 0.05) is 6.04 Å². The Balaban J connectivity index is 2.06. The molecule has 0 fully saturated rings. The van der Waals surface area contributed by atoms with E-state index in [2.05, 4.69) is 36.7 Å². The lowest BCUT2D eigenvalue weighted by Crippen LogP contribution is -2.25. The summed E-state index contributed by atoms with van der Waals surface area (Å²) in [7, 11) is 0. The first-order valence-electron chi connectivity index (χ1n) is 7.33. The third kappa shape index (κ3) is 3.90. The molecule has 0 aliphatic heterocycles. The summed E-state index contributed by atoms with van der Waals surface area (Å²) in [4.78, 5) is 0. The first-order valence-corrected chi connectivity index (χ1v) is 8.73. The van der Waals surface area contributed by atoms with E-state index in [1.807, 2.05) is 11.8 Å². The highest BCUT2D eigenvalue weighted by atomic mass is 32.2. The second-order valence-electron chi connectivity index (χ2n) is 5.02. The van der Waals surface area contributed by atoms with Crippen molar-refractivity contribution < 1.29 is 4.74 Å². The molecule has 0 bridgehead atoms. The van der Waals surface area contributed by atoms with E-state index in [9.17, 15) is 0 Å². The van der Waals surface area contributed by atoms with E-state index in [0.717, 1.165) is 31.7 Å². The van der Waals surface area contributed by atoms with E-state index in [4.69, 9.17) is 4.74 Å². The standard InChI is InChI=1S/C16H25NOS/c1-3-17-15-9-4-8-14-13(15)7-5-10-16(14)18-11-6-12-19-2/h5,7,10,15,17H,3-4,6,8-9,11-12H2,1-2H3. The van der Waals surface area contributed by atoms with Gasteiger partial charge in [-0.1, -0.05) is 19.1 Å². The van der Waals surface area contributed by atoms with Crippen LogP contribution in [0.3, 0.4) is 0 Å². The molecule has 0 radical (unpaired) electrons. The minimum Gasteiger partial charge on any atom is -0.493 e. The van der Waals surface area contributed by atoms with Crippen molar-refractivity contribution in [3.8, 4) is 5.75 Å². The molecule has 0 aromatic heterocycles.